The molecule has 4 rings (SSSR count). The molecule has 1 N–H and O–H groups in total. The number of nitrogens with zero attached hydrogens (tertiary/aromatic N) is 4. The first-order chi connectivity index (χ1) is 13.0. The second-order valence-corrected chi connectivity index (χ2v) is 7.55. The number of nitrogens with one attached hydrogen (secondary N) is 1. The molecule has 27 heavy (non-hydrogen) atoms. The maximum Gasteiger partial charge on any atom is 0.217 e. The third-order valence-electron chi connectivity index (χ3n) is 6.55. The minimum atomic E-state index is -1.91. The van der Waals surface area contributed by atoms with Crippen molar-refractivity contribution >= 4 is 5.90 Å². The van der Waals surface area contributed by atoms with Crippen molar-refractivity contribution < 1.29 is 9.47 Å². The minimum Gasteiger partial charge on any atom is -0.447 e. The zero-order valence-corrected chi connectivity index (χ0v) is 15.0. The van der Waals surface area contributed by atoms with Crippen LogP contribution in [0.2, 0.25) is 0 Å². The Morgan fingerprint density at radius 3 is 2.63 bits per heavy atom. The van der Waals surface area contributed by atoms with Gasteiger partial charge in [0.2, 0.25) is 17.1 Å². The Balaban J connectivity index is 1.97. The molecule has 2 saturated heterocycles. The lowest BCUT2D eigenvalue weighted by Gasteiger charge is -2.52. The van der Waals surface area contributed by atoms with Crippen molar-refractivity contribution in [3.63, 3.8) is 0 Å². The maximum absolute atomic E-state index is 10.2. The summed E-state index contributed by atoms with van der Waals surface area (Å²) in [7, 11) is 0. The van der Waals surface area contributed by atoms with E-state index in [-0.39, 0.29) is 5.90 Å². The highest BCUT2D eigenvalue weighted by atomic mass is 16.7. The van der Waals surface area contributed by atoms with Crippen LogP contribution in [0.25, 0.3) is 0 Å². The Hall–Kier alpha value is -2.95. The first kappa shape index (κ1) is 17.5. The quantitative estimate of drug-likeness (QED) is 0.861. The van der Waals surface area contributed by atoms with Gasteiger partial charge < -0.3 is 9.47 Å². The fourth-order valence-corrected chi connectivity index (χ4v) is 5.08. The molecule has 1 aliphatic carbocycles. The summed E-state index contributed by atoms with van der Waals surface area (Å²) in [4.78, 5) is 4.28. The Morgan fingerprint density at radius 2 is 2.04 bits per heavy atom. The third kappa shape index (κ3) is 1.91. The van der Waals surface area contributed by atoms with Crippen molar-refractivity contribution in [3.8, 4) is 18.2 Å². The van der Waals surface area contributed by atoms with Gasteiger partial charge in [0.25, 0.3) is 0 Å². The standard InChI is InChI=1S/C20H19N5O2/c1-2-13-6-7-20-15(9-13)19(12-23,17(24)27-20)18(10-21,11-22)16(26-20)14-5-3-4-8-25-14/h3-5,8,13,15-16,24H,2,6-7,9H2,1H3. The van der Waals surface area contributed by atoms with E-state index in [1.165, 1.54) is 0 Å². The Kier molecular flexibility index (Phi) is 3.74. The van der Waals surface area contributed by atoms with Crippen LogP contribution >= 0.6 is 0 Å². The summed E-state index contributed by atoms with van der Waals surface area (Å²) in [6.45, 7) is 2.08. The molecule has 7 nitrogen and oxygen atoms in total. The molecule has 1 aromatic heterocycles. The van der Waals surface area contributed by atoms with Crippen LogP contribution in [0.15, 0.2) is 24.4 Å². The zero-order valence-electron chi connectivity index (χ0n) is 15.0. The summed E-state index contributed by atoms with van der Waals surface area (Å²) in [5, 5.41) is 39.0. The fraction of sp³-hybridized carbons (Fsp3) is 0.550. The number of nitriles is 3. The van der Waals surface area contributed by atoms with E-state index < -0.39 is 28.6 Å². The van der Waals surface area contributed by atoms with Gasteiger partial charge in [0.1, 0.15) is 6.10 Å². The number of hydrogen-bond donors (Lipinski definition) is 1. The SMILES string of the molecule is CCC1CCC23OC(=N)C(C#N)(C2C1)C(C#N)(C#N)C(c1ccccn1)O3. The lowest BCUT2D eigenvalue weighted by atomic mass is 9.51. The van der Waals surface area contributed by atoms with Crippen LogP contribution in [0.4, 0.5) is 0 Å². The first-order valence-electron chi connectivity index (χ1n) is 9.14. The number of hydrogen-bond acceptors (Lipinski definition) is 7. The van der Waals surface area contributed by atoms with E-state index in [1.807, 2.05) is 0 Å². The predicted octanol–water partition coefficient (Wildman–Crippen LogP) is 3.23. The molecule has 0 amide bonds. The van der Waals surface area contributed by atoms with Gasteiger partial charge in [-0.2, -0.15) is 15.8 Å². The summed E-state index contributed by atoms with van der Waals surface area (Å²) in [5.41, 5.74) is -3.19. The van der Waals surface area contributed by atoms with Gasteiger partial charge in [0.05, 0.1) is 29.8 Å². The van der Waals surface area contributed by atoms with Crippen molar-refractivity contribution in [2.75, 3.05) is 0 Å². The molecule has 0 aromatic carbocycles. The molecule has 0 radical (unpaired) electrons. The Labute approximate surface area is 157 Å². The molecule has 136 valence electrons. The van der Waals surface area contributed by atoms with E-state index in [2.05, 4.69) is 30.1 Å². The van der Waals surface area contributed by atoms with Crippen LogP contribution in [0.5, 0.6) is 0 Å². The summed E-state index contributed by atoms with van der Waals surface area (Å²) in [6.07, 6.45) is 3.39. The molecule has 0 spiro atoms. The third-order valence-corrected chi connectivity index (χ3v) is 6.55. The molecule has 3 fully saturated rings. The average molecular weight is 361 g/mol. The molecular weight excluding hydrogens is 342 g/mol. The molecule has 5 unspecified atom stereocenters. The first-order valence-corrected chi connectivity index (χ1v) is 9.14. The van der Waals surface area contributed by atoms with Crippen molar-refractivity contribution in [2.45, 2.75) is 44.5 Å². The van der Waals surface area contributed by atoms with Crippen molar-refractivity contribution in [1.29, 1.82) is 21.2 Å². The molecule has 2 bridgehead atoms. The number of pyridine rings is 1. The second kappa shape index (κ2) is 5.78. The van der Waals surface area contributed by atoms with Gasteiger partial charge >= 0.3 is 0 Å². The molecule has 5 atom stereocenters. The predicted molar refractivity (Wildman–Crippen MR) is 92.4 cm³/mol. The van der Waals surface area contributed by atoms with Gasteiger partial charge in [-0.15, -0.1) is 0 Å². The second-order valence-electron chi connectivity index (χ2n) is 7.55. The molecule has 1 aromatic rings. The molecule has 3 aliphatic rings. The van der Waals surface area contributed by atoms with Crippen LogP contribution in [0.3, 0.4) is 0 Å². The minimum absolute atomic E-state index is 0.326. The highest BCUT2D eigenvalue weighted by Gasteiger charge is 2.81. The van der Waals surface area contributed by atoms with Crippen LogP contribution in [0.1, 0.15) is 44.4 Å². The highest BCUT2D eigenvalue weighted by molar-refractivity contribution is 5.89. The largest absolute Gasteiger partial charge is 0.447 e. The zero-order chi connectivity index (χ0) is 19.3. The fourth-order valence-electron chi connectivity index (χ4n) is 5.08. The van der Waals surface area contributed by atoms with Gasteiger partial charge in [-0.05, 0) is 30.9 Å². The van der Waals surface area contributed by atoms with Gasteiger partial charge in [-0.3, -0.25) is 10.4 Å². The molecule has 1 saturated carbocycles. The Morgan fingerprint density at radius 1 is 1.26 bits per heavy atom. The highest BCUT2D eigenvalue weighted by Crippen LogP contribution is 2.69. The van der Waals surface area contributed by atoms with E-state index in [4.69, 9.17) is 14.9 Å². The summed E-state index contributed by atoms with van der Waals surface area (Å²) < 4.78 is 12.2. The number of aromatic nitrogens is 1. The van der Waals surface area contributed by atoms with Crippen molar-refractivity contribution in [3.05, 3.63) is 30.1 Å². The van der Waals surface area contributed by atoms with Gasteiger partial charge in [-0.25, -0.2) is 0 Å². The molecule has 2 aliphatic heterocycles. The van der Waals surface area contributed by atoms with Crippen LogP contribution in [-0.2, 0) is 9.47 Å². The van der Waals surface area contributed by atoms with Gasteiger partial charge in [0.15, 0.2) is 5.41 Å². The molecule has 3 heterocycles. The van der Waals surface area contributed by atoms with Crippen LogP contribution in [-0.4, -0.2) is 16.7 Å². The van der Waals surface area contributed by atoms with E-state index in [0.717, 1.165) is 12.8 Å². The topological polar surface area (TPSA) is 127 Å². The van der Waals surface area contributed by atoms with Crippen LogP contribution < -0.4 is 0 Å². The normalized spacial score (nSPS) is 38.6. The summed E-state index contributed by atoms with van der Waals surface area (Å²) >= 11 is 0. The van der Waals surface area contributed by atoms with E-state index in [0.29, 0.717) is 24.5 Å². The average Bonchev–Trinajstić information content (AvgIpc) is 2.92. The molecule has 7 heteroatoms. The smallest absolute Gasteiger partial charge is 0.217 e. The van der Waals surface area contributed by atoms with Crippen molar-refractivity contribution in [2.24, 2.45) is 22.7 Å². The van der Waals surface area contributed by atoms with E-state index in [9.17, 15) is 15.8 Å². The summed E-state index contributed by atoms with van der Waals surface area (Å²) in [5.74, 6) is -1.66. The van der Waals surface area contributed by atoms with E-state index in [1.54, 1.807) is 24.4 Å². The van der Waals surface area contributed by atoms with E-state index >= 15 is 0 Å². The monoisotopic (exact) mass is 361 g/mol. The number of ether oxygens (including phenoxy) is 2. The number of rotatable bonds is 2. The summed E-state index contributed by atoms with van der Waals surface area (Å²) in [6, 6.07) is 11.5. The lowest BCUT2D eigenvalue weighted by molar-refractivity contribution is -0.299. The van der Waals surface area contributed by atoms with Gasteiger partial charge in [0, 0.05) is 12.6 Å². The van der Waals surface area contributed by atoms with Crippen LogP contribution in [0, 0.1) is 62.1 Å². The molecular formula is C20H19N5O2. The van der Waals surface area contributed by atoms with Gasteiger partial charge in [-0.1, -0.05) is 19.4 Å². The van der Waals surface area contributed by atoms with Crippen molar-refractivity contribution in [1.82, 2.24) is 4.98 Å². The maximum atomic E-state index is 10.2. The Bertz CT molecular complexity index is 897. The lowest BCUT2D eigenvalue weighted by Crippen LogP contribution is -2.61.